The molecule has 5 heteroatoms. The number of benzene rings is 1. The predicted octanol–water partition coefficient (Wildman–Crippen LogP) is 2.15. The Hall–Kier alpha value is -2.14. The molecule has 3 rings (SSSR count). The van der Waals surface area contributed by atoms with Gasteiger partial charge in [0, 0.05) is 24.7 Å². The summed E-state index contributed by atoms with van der Waals surface area (Å²) >= 11 is 0. The third kappa shape index (κ3) is 2.20. The fourth-order valence-corrected chi connectivity index (χ4v) is 2.75. The molecule has 1 aliphatic rings. The van der Waals surface area contributed by atoms with Gasteiger partial charge in [0.05, 0.1) is 5.56 Å². The van der Waals surface area contributed by atoms with Gasteiger partial charge >= 0.3 is 0 Å². The molecule has 1 fully saturated rings. The number of rotatable bonds is 2. The van der Waals surface area contributed by atoms with Crippen molar-refractivity contribution in [2.75, 3.05) is 18.5 Å². The van der Waals surface area contributed by atoms with Crippen LogP contribution in [0.2, 0.25) is 0 Å². The van der Waals surface area contributed by atoms with Crippen molar-refractivity contribution in [3.8, 4) is 0 Å². The van der Waals surface area contributed by atoms with Crippen LogP contribution in [0.25, 0.3) is 10.8 Å². The highest BCUT2D eigenvalue weighted by molar-refractivity contribution is 6.09. The van der Waals surface area contributed by atoms with Crippen LogP contribution in [0.5, 0.6) is 0 Å². The van der Waals surface area contributed by atoms with Crippen molar-refractivity contribution < 1.29 is 4.79 Å². The maximum Gasteiger partial charge on any atom is 0.256 e. The zero-order valence-electron chi connectivity index (χ0n) is 11.3. The van der Waals surface area contributed by atoms with Crippen LogP contribution in [0.3, 0.4) is 0 Å². The lowest BCUT2D eigenvalue weighted by molar-refractivity contribution is 0.0726. The Balaban J connectivity index is 2.05. The van der Waals surface area contributed by atoms with Gasteiger partial charge in [0.2, 0.25) is 0 Å². The van der Waals surface area contributed by atoms with E-state index in [9.17, 15) is 4.79 Å². The van der Waals surface area contributed by atoms with Crippen molar-refractivity contribution in [1.82, 2.24) is 9.88 Å². The van der Waals surface area contributed by atoms with Gasteiger partial charge in [-0.05, 0) is 24.6 Å². The van der Waals surface area contributed by atoms with Gasteiger partial charge in [-0.15, -0.1) is 0 Å². The molecule has 2 aromatic rings. The molecule has 1 aromatic heterocycles. The summed E-state index contributed by atoms with van der Waals surface area (Å²) in [6.07, 6.45) is 4.99. The first-order chi connectivity index (χ1) is 9.81. The highest BCUT2D eigenvalue weighted by atomic mass is 16.2. The van der Waals surface area contributed by atoms with E-state index in [4.69, 9.17) is 5.84 Å². The molecule has 3 N–H and O–H groups in total. The molecule has 0 unspecified atom stereocenters. The molecular weight excluding hydrogens is 252 g/mol. The molecule has 20 heavy (non-hydrogen) atoms. The standard InChI is InChI=1S/C15H18N4O/c16-18-14-12-7-3-2-6-11(12)13(10-17-14)15(20)19-8-4-1-5-9-19/h2-3,6-7,10H,1,4-5,8-9,16H2,(H,17,18). The molecule has 1 aliphatic heterocycles. The number of nitrogens with two attached hydrogens (primary N) is 1. The minimum Gasteiger partial charge on any atom is -0.339 e. The molecule has 0 bridgehead atoms. The number of nitrogen functional groups attached to an aromatic ring is 1. The molecule has 1 aromatic carbocycles. The van der Waals surface area contributed by atoms with Gasteiger partial charge in [0.1, 0.15) is 5.82 Å². The van der Waals surface area contributed by atoms with E-state index in [1.807, 2.05) is 29.2 Å². The quantitative estimate of drug-likeness (QED) is 0.648. The Labute approximate surface area is 117 Å². The summed E-state index contributed by atoms with van der Waals surface area (Å²) in [4.78, 5) is 18.8. The van der Waals surface area contributed by atoms with Crippen LogP contribution in [0, 0.1) is 0 Å². The number of hydrazine groups is 1. The zero-order chi connectivity index (χ0) is 13.9. The number of hydrogen-bond acceptors (Lipinski definition) is 4. The number of hydrogen-bond donors (Lipinski definition) is 2. The lowest BCUT2D eigenvalue weighted by Gasteiger charge is -2.27. The van der Waals surface area contributed by atoms with Crippen LogP contribution in [-0.2, 0) is 0 Å². The summed E-state index contributed by atoms with van der Waals surface area (Å²) in [5, 5.41) is 1.77. The van der Waals surface area contributed by atoms with E-state index >= 15 is 0 Å². The summed E-state index contributed by atoms with van der Waals surface area (Å²) < 4.78 is 0. The fraction of sp³-hybridized carbons (Fsp3) is 0.333. The molecule has 104 valence electrons. The van der Waals surface area contributed by atoms with Gasteiger partial charge in [0.15, 0.2) is 0 Å². The lowest BCUT2D eigenvalue weighted by Crippen LogP contribution is -2.35. The molecule has 1 saturated heterocycles. The average molecular weight is 270 g/mol. The van der Waals surface area contributed by atoms with Crippen molar-refractivity contribution >= 4 is 22.5 Å². The molecule has 0 radical (unpaired) electrons. The number of likely N-dealkylation sites (tertiary alicyclic amines) is 1. The number of nitrogens with zero attached hydrogens (tertiary/aromatic N) is 2. The largest absolute Gasteiger partial charge is 0.339 e. The topological polar surface area (TPSA) is 71.2 Å². The molecular formula is C15H18N4O. The summed E-state index contributed by atoms with van der Waals surface area (Å²) in [6, 6.07) is 7.70. The van der Waals surface area contributed by atoms with Crippen LogP contribution in [0.4, 0.5) is 5.82 Å². The third-order valence-corrected chi connectivity index (χ3v) is 3.81. The van der Waals surface area contributed by atoms with E-state index in [1.54, 1.807) is 6.20 Å². The van der Waals surface area contributed by atoms with Gasteiger partial charge < -0.3 is 10.3 Å². The molecule has 2 heterocycles. The first kappa shape index (κ1) is 12.9. The minimum absolute atomic E-state index is 0.0666. The Morgan fingerprint density at radius 3 is 2.55 bits per heavy atom. The highest BCUT2D eigenvalue weighted by Crippen LogP contribution is 2.25. The summed E-state index contributed by atoms with van der Waals surface area (Å²) in [5.74, 6) is 6.14. The Morgan fingerprint density at radius 2 is 1.85 bits per heavy atom. The number of carbonyl (C=O) groups is 1. The molecule has 0 spiro atoms. The number of nitrogens with one attached hydrogen (secondary N) is 1. The van der Waals surface area contributed by atoms with E-state index < -0.39 is 0 Å². The second kappa shape index (κ2) is 5.46. The van der Waals surface area contributed by atoms with Gasteiger partial charge in [-0.3, -0.25) is 4.79 Å². The van der Waals surface area contributed by atoms with Gasteiger partial charge in [-0.2, -0.15) is 0 Å². The summed E-state index contributed by atoms with van der Waals surface area (Å²) in [7, 11) is 0. The molecule has 0 saturated carbocycles. The lowest BCUT2D eigenvalue weighted by atomic mass is 10.0. The maximum absolute atomic E-state index is 12.6. The van der Waals surface area contributed by atoms with E-state index in [2.05, 4.69) is 10.4 Å². The van der Waals surface area contributed by atoms with Crippen LogP contribution in [-0.4, -0.2) is 28.9 Å². The average Bonchev–Trinajstić information content (AvgIpc) is 2.54. The maximum atomic E-state index is 12.6. The second-order valence-corrected chi connectivity index (χ2v) is 5.06. The first-order valence-corrected chi connectivity index (χ1v) is 6.95. The first-order valence-electron chi connectivity index (χ1n) is 6.95. The van der Waals surface area contributed by atoms with Crippen molar-refractivity contribution in [2.24, 2.45) is 5.84 Å². The normalized spacial score (nSPS) is 15.3. The van der Waals surface area contributed by atoms with Gasteiger partial charge in [0.25, 0.3) is 5.91 Å². The number of aromatic nitrogens is 1. The van der Waals surface area contributed by atoms with Gasteiger partial charge in [-0.1, -0.05) is 24.3 Å². The van der Waals surface area contributed by atoms with E-state index in [1.165, 1.54) is 6.42 Å². The monoisotopic (exact) mass is 270 g/mol. The Bertz CT molecular complexity index is 635. The minimum atomic E-state index is 0.0666. The Morgan fingerprint density at radius 1 is 1.15 bits per heavy atom. The number of pyridine rings is 1. The highest BCUT2D eigenvalue weighted by Gasteiger charge is 2.21. The van der Waals surface area contributed by atoms with E-state index in [-0.39, 0.29) is 5.91 Å². The van der Waals surface area contributed by atoms with Crippen LogP contribution in [0.1, 0.15) is 29.6 Å². The second-order valence-electron chi connectivity index (χ2n) is 5.06. The Kier molecular flexibility index (Phi) is 3.52. The summed E-state index contributed by atoms with van der Waals surface area (Å²) in [6.45, 7) is 1.67. The number of fused-ring (bicyclic) bond motifs is 1. The van der Waals surface area contributed by atoms with Crippen molar-refractivity contribution in [3.63, 3.8) is 0 Å². The van der Waals surface area contributed by atoms with Crippen molar-refractivity contribution in [1.29, 1.82) is 0 Å². The number of amides is 1. The van der Waals surface area contributed by atoms with Crippen LogP contribution >= 0.6 is 0 Å². The van der Waals surface area contributed by atoms with Crippen LogP contribution < -0.4 is 11.3 Å². The van der Waals surface area contributed by atoms with Crippen molar-refractivity contribution in [3.05, 3.63) is 36.0 Å². The molecule has 0 aliphatic carbocycles. The van der Waals surface area contributed by atoms with E-state index in [0.29, 0.717) is 11.4 Å². The third-order valence-electron chi connectivity index (χ3n) is 3.81. The molecule has 5 nitrogen and oxygen atoms in total. The number of anilines is 1. The fourth-order valence-electron chi connectivity index (χ4n) is 2.75. The summed E-state index contributed by atoms with van der Waals surface area (Å²) in [5.41, 5.74) is 3.23. The van der Waals surface area contributed by atoms with Crippen molar-refractivity contribution in [2.45, 2.75) is 19.3 Å². The van der Waals surface area contributed by atoms with E-state index in [0.717, 1.165) is 36.7 Å². The predicted molar refractivity (Wildman–Crippen MR) is 79.3 cm³/mol. The molecule has 1 amide bonds. The zero-order valence-corrected chi connectivity index (χ0v) is 11.3. The number of carbonyl (C=O) groups excluding carboxylic acids is 1. The molecule has 0 atom stereocenters. The smallest absolute Gasteiger partial charge is 0.256 e. The number of piperidine rings is 1. The van der Waals surface area contributed by atoms with Crippen LogP contribution in [0.15, 0.2) is 30.5 Å². The van der Waals surface area contributed by atoms with Gasteiger partial charge in [-0.25, -0.2) is 10.8 Å². The SMILES string of the molecule is NNc1ncc(C(=O)N2CCCCC2)c2ccccc12.